The number of hydrogen-bond acceptors (Lipinski definition) is 6. The van der Waals surface area contributed by atoms with E-state index in [1.54, 1.807) is 56.6 Å². The Morgan fingerprint density at radius 3 is 2.65 bits per heavy atom. The number of amides is 3. The molecule has 31 heavy (non-hydrogen) atoms. The van der Waals surface area contributed by atoms with Crippen LogP contribution in [-0.4, -0.2) is 46.9 Å². The van der Waals surface area contributed by atoms with Crippen molar-refractivity contribution in [2.24, 2.45) is 0 Å². The zero-order valence-electron chi connectivity index (χ0n) is 17.3. The minimum absolute atomic E-state index is 0.129. The molecule has 0 fully saturated rings. The SMILES string of the molecule is COc1cc(NC(=O)C(=O)NC(C)(C)CNC(=O)c2ccc[nH]2)ccc1-c1cnco1. The van der Waals surface area contributed by atoms with Crippen molar-refractivity contribution < 1.29 is 23.5 Å². The largest absolute Gasteiger partial charge is 0.496 e. The third kappa shape index (κ3) is 5.50. The van der Waals surface area contributed by atoms with Crippen LogP contribution < -0.4 is 20.7 Å². The van der Waals surface area contributed by atoms with E-state index in [4.69, 9.17) is 9.15 Å². The van der Waals surface area contributed by atoms with Gasteiger partial charge in [-0.05, 0) is 38.1 Å². The standard InChI is InChI=1S/C21H23N5O5/c1-21(2,11-24-18(27)15-5-4-8-23-15)26-20(29)19(28)25-13-6-7-14(16(9-13)30-3)17-10-22-12-31-17/h4-10,12,23H,11H2,1-3H3,(H,24,27)(H,25,28)(H,26,29). The predicted octanol–water partition coefficient (Wildman–Crippen LogP) is 1.94. The molecule has 2 aromatic heterocycles. The lowest BCUT2D eigenvalue weighted by atomic mass is 10.1. The fourth-order valence-electron chi connectivity index (χ4n) is 2.79. The highest BCUT2D eigenvalue weighted by molar-refractivity contribution is 6.39. The second-order valence-corrected chi connectivity index (χ2v) is 7.34. The molecule has 3 aromatic rings. The van der Waals surface area contributed by atoms with E-state index in [1.165, 1.54) is 13.5 Å². The highest BCUT2D eigenvalue weighted by Crippen LogP contribution is 2.32. The number of carbonyl (C=O) groups is 3. The van der Waals surface area contributed by atoms with E-state index in [0.717, 1.165) is 0 Å². The minimum atomic E-state index is -0.857. The van der Waals surface area contributed by atoms with Crippen LogP contribution in [0.1, 0.15) is 24.3 Å². The third-order valence-electron chi connectivity index (χ3n) is 4.35. The summed E-state index contributed by atoms with van der Waals surface area (Å²) in [5.41, 5.74) is 0.576. The molecular formula is C21H23N5O5. The number of methoxy groups -OCH3 is 1. The van der Waals surface area contributed by atoms with Gasteiger partial charge in [0.2, 0.25) is 0 Å². The summed E-state index contributed by atoms with van der Waals surface area (Å²) >= 11 is 0. The summed E-state index contributed by atoms with van der Waals surface area (Å²) in [4.78, 5) is 43.4. The number of benzene rings is 1. The van der Waals surface area contributed by atoms with E-state index in [-0.39, 0.29) is 12.5 Å². The molecule has 2 heterocycles. The van der Waals surface area contributed by atoms with Crippen molar-refractivity contribution in [3.63, 3.8) is 0 Å². The van der Waals surface area contributed by atoms with E-state index in [9.17, 15) is 14.4 Å². The molecule has 0 radical (unpaired) electrons. The summed E-state index contributed by atoms with van der Waals surface area (Å²) in [5, 5.41) is 7.84. The summed E-state index contributed by atoms with van der Waals surface area (Å²) < 4.78 is 10.6. The van der Waals surface area contributed by atoms with Gasteiger partial charge >= 0.3 is 11.8 Å². The van der Waals surface area contributed by atoms with Crippen LogP contribution in [0, 0.1) is 0 Å². The van der Waals surface area contributed by atoms with Crippen molar-refractivity contribution in [2.75, 3.05) is 19.0 Å². The molecule has 0 saturated carbocycles. The molecule has 3 rings (SSSR count). The van der Waals surface area contributed by atoms with E-state index < -0.39 is 17.4 Å². The van der Waals surface area contributed by atoms with Gasteiger partial charge in [-0.3, -0.25) is 14.4 Å². The number of aromatic amines is 1. The Kier molecular flexibility index (Phi) is 6.39. The van der Waals surface area contributed by atoms with Crippen LogP contribution in [0.25, 0.3) is 11.3 Å². The smallest absolute Gasteiger partial charge is 0.313 e. The van der Waals surface area contributed by atoms with E-state index in [1.807, 2.05) is 0 Å². The van der Waals surface area contributed by atoms with Crippen LogP contribution >= 0.6 is 0 Å². The Morgan fingerprint density at radius 2 is 2.00 bits per heavy atom. The summed E-state index contributed by atoms with van der Waals surface area (Å²) in [5.74, 6) is -1.04. The summed E-state index contributed by atoms with van der Waals surface area (Å²) in [6.07, 6.45) is 4.48. The first-order chi connectivity index (χ1) is 14.8. The lowest BCUT2D eigenvalue weighted by molar-refractivity contribution is -0.137. The number of oxazole rings is 1. The van der Waals surface area contributed by atoms with Gasteiger partial charge in [0, 0.05) is 24.5 Å². The Hall–Kier alpha value is -4.08. The van der Waals surface area contributed by atoms with Gasteiger partial charge in [0.15, 0.2) is 12.2 Å². The highest BCUT2D eigenvalue weighted by Gasteiger charge is 2.25. The van der Waals surface area contributed by atoms with Gasteiger partial charge in [-0.1, -0.05) is 0 Å². The number of rotatable bonds is 7. The minimum Gasteiger partial charge on any atom is -0.496 e. The zero-order valence-corrected chi connectivity index (χ0v) is 17.3. The molecule has 162 valence electrons. The van der Waals surface area contributed by atoms with Gasteiger partial charge in [0.05, 0.1) is 24.4 Å². The summed E-state index contributed by atoms with van der Waals surface area (Å²) in [7, 11) is 1.48. The first kappa shape index (κ1) is 21.6. The summed E-state index contributed by atoms with van der Waals surface area (Å²) in [6, 6.07) is 8.22. The summed E-state index contributed by atoms with van der Waals surface area (Å²) in [6.45, 7) is 3.52. The molecule has 0 aliphatic heterocycles. The monoisotopic (exact) mass is 425 g/mol. The van der Waals surface area contributed by atoms with E-state index in [0.29, 0.717) is 28.5 Å². The van der Waals surface area contributed by atoms with Gasteiger partial charge < -0.3 is 30.1 Å². The number of nitrogens with one attached hydrogen (secondary N) is 4. The molecule has 3 amide bonds. The highest BCUT2D eigenvalue weighted by atomic mass is 16.5. The molecule has 1 aromatic carbocycles. The second-order valence-electron chi connectivity index (χ2n) is 7.34. The molecular weight excluding hydrogens is 402 g/mol. The average Bonchev–Trinajstić information content (AvgIpc) is 3.45. The molecule has 0 saturated heterocycles. The molecule has 0 atom stereocenters. The van der Waals surface area contributed by atoms with Crippen molar-refractivity contribution in [3.8, 4) is 17.1 Å². The van der Waals surface area contributed by atoms with Crippen LogP contribution in [-0.2, 0) is 9.59 Å². The maximum absolute atomic E-state index is 12.3. The van der Waals surface area contributed by atoms with Crippen molar-refractivity contribution in [1.82, 2.24) is 20.6 Å². The van der Waals surface area contributed by atoms with Crippen molar-refractivity contribution in [3.05, 3.63) is 54.8 Å². The van der Waals surface area contributed by atoms with Crippen LogP contribution in [0.2, 0.25) is 0 Å². The van der Waals surface area contributed by atoms with Gasteiger partial charge in [0.25, 0.3) is 5.91 Å². The normalized spacial score (nSPS) is 10.9. The molecule has 0 aliphatic rings. The first-order valence-electron chi connectivity index (χ1n) is 9.41. The number of aromatic nitrogens is 2. The molecule has 0 bridgehead atoms. The maximum Gasteiger partial charge on any atom is 0.313 e. The number of hydrogen-bond donors (Lipinski definition) is 4. The third-order valence-corrected chi connectivity index (χ3v) is 4.35. The fourth-order valence-corrected chi connectivity index (χ4v) is 2.79. The molecule has 10 nitrogen and oxygen atoms in total. The zero-order chi connectivity index (χ0) is 22.4. The van der Waals surface area contributed by atoms with Crippen molar-refractivity contribution in [2.45, 2.75) is 19.4 Å². The average molecular weight is 425 g/mol. The topological polar surface area (TPSA) is 138 Å². The Bertz CT molecular complexity index is 1060. The van der Waals surface area contributed by atoms with Gasteiger partial charge in [-0.25, -0.2) is 4.98 Å². The van der Waals surface area contributed by atoms with Crippen LogP contribution in [0.4, 0.5) is 5.69 Å². The van der Waals surface area contributed by atoms with E-state index in [2.05, 4.69) is 25.9 Å². The number of anilines is 1. The second kappa shape index (κ2) is 9.16. The number of nitrogens with zero attached hydrogens (tertiary/aromatic N) is 1. The molecule has 10 heteroatoms. The Morgan fingerprint density at radius 1 is 1.19 bits per heavy atom. The van der Waals surface area contributed by atoms with Gasteiger partial charge in [-0.2, -0.15) is 0 Å². The van der Waals surface area contributed by atoms with Crippen LogP contribution in [0.3, 0.4) is 0 Å². The van der Waals surface area contributed by atoms with Gasteiger partial charge in [-0.15, -0.1) is 0 Å². The maximum atomic E-state index is 12.3. The van der Waals surface area contributed by atoms with Crippen molar-refractivity contribution >= 4 is 23.4 Å². The Balaban J connectivity index is 1.58. The fraction of sp³-hybridized carbons (Fsp3) is 0.238. The molecule has 0 aliphatic carbocycles. The van der Waals surface area contributed by atoms with Gasteiger partial charge in [0.1, 0.15) is 11.4 Å². The number of H-pyrrole nitrogens is 1. The van der Waals surface area contributed by atoms with Crippen LogP contribution in [0.5, 0.6) is 5.75 Å². The predicted molar refractivity (Wildman–Crippen MR) is 112 cm³/mol. The van der Waals surface area contributed by atoms with Crippen molar-refractivity contribution in [1.29, 1.82) is 0 Å². The quantitative estimate of drug-likeness (QED) is 0.427. The number of ether oxygens (including phenoxy) is 1. The van der Waals surface area contributed by atoms with Crippen LogP contribution in [0.15, 0.2) is 53.5 Å². The number of carbonyl (C=O) groups excluding carboxylic acids is 3. The lowest BCUT2D eigenvalue weighted by Crippen LogP contribution is -2.54. The molecule has 0 spiro atoms. The first-order valence-corrected chi connectivity index (χ1v) is 9.41. The van der Waals surface area contributed by atoms with E-state index >= 15 is 0 Å². The molecule has 0 unspecified atom stereocenters. The molecule has 4 N–H and O–H groups in total. The Labute approximate surface area is 178 Å². The lowest BCUT2D eigenvalue weighted by Gasteiger charge is -2.26.